The van der Waals surface area contributed by atoms with Crippen LogP contribution in [0.1, 0.15) is 51.2 Å². The van der Waals surface area contributed by atoms with Gasteiger partial charge in [-0.2, -0.15) is 5.21 Å². The minimum absolute atomic E-state index is 0.142. The second-order valence-corrected chi connectivity index (χ2v) is 10.3. The number of nitrogens with one attached hydrogen (secondary N) is 1. The predicted molar refractivity (Wildman–Crippen MR) is 156 cm³/mol. The summed E-state index contributed by atoms with van der Waals surface area (Å²) >= 11 is 0. The summed E-state index contributed by atoms with van der Waals surface area (Å²) in [6, 6.07) is 21.3. The van der Waals surface area contributed by atoms with Crippen molar-refractivity contribution in [1.82, 2.24) is 30.9 Å². The number of hydrogen-bond donors (Lipinski definition) is 3. The SMILES string of the molecule is CCCCC(=O)N(Cc1ccc(-c2ccccc2-c2nn[nH]n2)cc1)[C@H](C(=O)Oc1ccccc1CON(O)O)C(C)C. The molecule has 12 nitrogen and oxygen atoms in total. The van der Waals surface area contributed by atoms with Crippen molar-refractivity contribution < 1.29 is 29.6 Å². The number of carbonyl (C=O) groups excluding carboxylic acids is 2. The molecule has 0 aliphatic carbocycles. The molecule has 0 aliphatic heterocycles. The summed E-state index contributed by atoms with van der Waals surface area (Å²) in [6.07, 6.45) is 1.83. The van der Waals surface area contributed by atoms with E-state index < -0.39 is 17.4 Å². The van der Waals surface area contributed by atoms with Crippen LogP contribution in [0.3, 0.4) is 0 Å². The van der Waals surface area contributed by atoms with Crippen LogP contribution in [-0.4, -0.2) is 59.2 Å². The Balaban J connectivity index is 1.59. The second-order valence-electron chi connectivity index (χ2n) is 10.3. The van der Waals surface area contributed by atoms with Crippen LogP contribution in [0.15, 0.2) is 72.8 Å². The van der Waals surface area contributed by atoms with Gasteiger partial charge in [0.1, 0.15) is 18.4 Å². The van der Waals surface area contributed by atoms with Crippen molar-refractivity contribution in [3.05, 3.63) is 83.9 Å². The Morgan fingerprint density at radius 2 is 1.65 bits per heavy atom. The van der Waals surface area contributed by atoms with Crippen LogP contribution in [-0.2, 0) is 27.6 Å². The lowest BCUT2D eigenvalue weighted by Crippen LogP contribution is -2.49. The van der Waals surface area contributed by atoms with Gasteiger partial charge in [0.2, 0.25) is 11.7 Å². The highest BCUT2D eigenvalue weighted by Gasteiger charge is 2.34. The molecule has 43 heavy (non-hydrogen) atoms. The number of tetrazole rings is 1. The average Bonchev–Trinajstić information content (AvgIpc) is 3.54. The maximum absolute atomic E-state index is 13.7. The van der Waals surface area contributed by atoms with Gasteiger partial charge in [0.25, 0.3) is 0 Å². The molecular formula is C31H36N6O6. The summed E-state index contributed by atoms with van der Waals surface area (Å²) in [5.74, 6) is -0.304. The van der Waals surface area contributed by atoms with Crippen LogP contribution in [0, 0.1) is 5.92 Å². The maximum atomic E-state index is 13.7. The number of para-hydroxylation sites is 1. The predicted octanol–water partition coefficient (Wildman–Crippen LogP) is 5.19. The van der Waals surface area contributed by atoms with Crippen molar-refractivity contribution in [3.63, 3.8) is 0 Å². The van der Waals surface area contributed by atoms with E-state index in [2.05, 4.69) is 20.6 Å². The monoisotopic (exact) mass is 588 g/mol. The number of H-pyrrole nitrogens is 1. The Morgan fingerprint density at radius 1 is 0.953 bits per heavy atom. The van der Waals surface area contributed by atoms with Crippen molar-refractivity contribution in [2.24, 2.45) is 5.92 Å². The van der Waals surface area contributed by atoms with E-state index in [1.807, 2.05) is 69.3 Å². The number of carbonyl (C=O) groups is 2. The highest BCUT2D eigenvalue weighted by molar-refractivity contribution is 5.86. The number of hydrogen-bond acceptors (Lipinski definition) is 10. The molecule has 0 spiro atoms. The number of rotatable bonds is 14. The third kappa shape index (κ3) is 8.30. The van der Waals surface area contributed by atoms with E-state index in [0.717, 1.165) is 28.7 Å². The highest BCUT2D eigenvalue weighted by atomic mass is 17.1. The number of amides is 1. The van der Waals surface area contributed by atoms with Crippen molar-refractivity contribution >= 4 is 11.9 Å². The van der Waals surface area contributed by atoms with Gasteiger partial charge in [-0.1, -0.05) is 93.9 Å². The van der Waals surface area contributed by atoms with Gasteiger partial charge in [-0.25, -0.2) is 9.63 Å². The number of aromatic amines is 1. The Kier molecular flexibility index (Phi) is 11.1. The standard InChI is InChI=1S/C31H36N6O6/c1-4-5-14-28(38)36(29(21(2)3)31(39)43-27-13-9-6-10-24(27)20-42-37(40)41)19-22-15-17-23(18-16-22)25-11-7-8-12-26(25)30-32-34-35-33-30/h6-13,15-18,21,29,40-41H,4-5,14,19-20H2,1-3H3,(H,32,33,34,35)/t29-/m0/s1. The summed E-state index contributed by atoms with van der Waals surface area (Å²) in [5.41, 5.74) is 3.98. The molecule has 0 bridgehead atoms. The van der Waals surface area contributed by atoms with Crippen molar-refractivity contribution in [2.45, 2.75) is 59.2 Å². The fourth-order valence-electron chi connectivity index (χ4n) is 4.78. The van der Waals surface area contributed by atoms with Crippen LogP contribution in [0.4, 0.5) is 0 Å². The number of unbranched alkanes of at least 4 members (excludes halogenated alkanes) is 1. The zero-order chi connectivity index (χ0) is 30.8. The first kappa shape index (κ1) is 31.4. The van der Waals surface area contributed by atoms with E-state index in [4.69, 9.17) is 20.0 Å². The van der Waals surface area contributed by atoms with Gasteiger partial charge >= 0.3 is 5.97 Å². The molecule has 4 aromatic rings. The smallest absolute Gasteiger partial charge is 0.334 e. The molecule has 3 N–H and O–H groups in total. The molecule has 1 heterocycles. The quantitative estimate of drug-likeness (QED) is 0.102. The Morgan fingerprint density at radius 3 is 2.30 bits per heavy atom. The molecule has 0 fully saturated rings. The van der Waals surface area contributed by atoms with E-state index in [9.17, 15) is 9.59 Å². The normalized spacial score (nSPS) is 12.0. The maximum Gasteiger partial charge on any atom is 0.334 e. The molecule has 0 unspecified atom stereocenters. The summed E-state index contributed by atoms with van der Waals surface area (Å²) < 4.78 is 5.79. The van der Waals surface area contributed by atoms with E-state index in [1.54, 1.807) is 29.2 Å². The fraction of sp³-hybridized carbons (Fsp3) is 0.323. The minimum atomic E-state index is -0.871. The summed E-state index contributed by atoms with van der Waals surface area (Å²) in [4.78, 5) is 33.5. The number of esters is 1. The zero-order valence-corrected chi connectivity index (χ0v) is 24.4. The van der Waals surface area contributed by atoms with E-state index in [0.29, 0.717) is 24.2 Å². The molecule has 1 amide bonds. The van der Waals surface area contributed by atoms with Gasteiger partial charge in [-0.3, -0.25) is 15.2 Å². The molecule has 1 atom stereocenters. The number of nitrogens with zero attached hydrogens (tertiary/aromatic N) is 5. The van der Waals surface area contributed by atoms with Crippen LogP contribution in [0.2, 0.25) is 0 Å². The zero-order valence-electron chi connectivity index (χ0n) is 24.4. The Bertz CT molecular complexity index is 1480. The third-order valence-electron chi connectivity index (χ3n) is 6.92. The first-order chi connectivity index (χ1) is 20.8. The van der Waals surface area contributed by atoms with Gasteiger partial charge in [-0.05, 0) is 40.3 Å². The first-order valence-corrected chi connectivity index (χ1v) is 14.1. The average molecular weight is 589 g/mol. The number of ether oxygens (including phenoxy) is 1. The number of benzene rings is 3. The molecule has 1 aromatic heterocycles. The van der Waals surface area contributed by atoms with Crippen molar-refractivity contribution in [1.29, 1.82) is 0 Å². The molecule has 0 radical (unpaired) electrons. The van der Waals surface area contributed by atoms with Gasteiger partial charge in [0.15, 0.2) is 0 Å². The van der Waals surface area contributed by atoms with E-state index >= 15 is 0 Å². The summed E-state index contributed by atoms with van der Waals surface area (Å²) in [5, 5.41) is 31.9. The molecule has 0 aliphatic rings. The highest BCUT2D eigenvalue weighted by Crippen LogP contribution is 2.30. The topological polar surface area (TPSA) is 154 Å². The summed E-state index contributed by atoms with van der Waals surface area (Å²) in [7, 11) is 0. The van der Waals surface area contributed by atoms with Gasteiger partial charge < -0.3 is 9.64 Å². The molecule has 226 valence electrons. The minimum Gasteiger partial charge on any atom is -0.425 e. The number of aromatic nitrogens is 4. The van der Waals surface area contributed by atoms with Gasteiger partial charge in [0.05, 0.1) is 5.39 Å². The Labute approximate surface area is 249 Å². The van der Waals surface area contributed by atoms with Crippen LogP contribution in [0.5, 0.6) is 5.75 Å². The molecule has 0 saturated heterocycles. The lowest BCUT2D eigenvalue weighted by atomic mass is 9.97. The first-order valence-electron chi connectivity index (χ1n) is 14.1. The van der Waals surface area contributed by atoms with Crippen LogP contribution < -0.4 is 4.74 Å². The third-order valence-corrected chi connectivity index (χ3v) is 6.92. The molecule has 3 aromatic carbocycles. The van der Waals surface area contributed by atoms with Gasteiger partial charge in [-0.15, -0.1) is 10.2 Å². The molecule has 4 rings (SSSR count). The van der Waals surface area contributed by atoms with E-state index in [1.165, 1.54) is 0 Å². The van der Waals surface area contributed by atoms with Gasteiger partial charge in [0, 0.05) is 24.1 Å². The van der Waals surface area contributed by atoms with E-state index in [-0.39, 0.29) is 30.7 Å². The lowest BCUT2D eigenvalue weighted by molar-refractivity contribution is -0.497. The molecule has 0 saturated carbocycles. The lowest BCUT2D eigenvalue weighted by Gasteiger charge is -2.33. The van der Waals surface area contributed by atoms with Crippen LogP contribution in [0.25, 0.3) is 22.5 Å². The molecule has 12 heteroatoms. The van der Waals surface area contributed by atoms with Crippen molar-refractivity contribution in [3.8, 4) is 28.3 Å². The van der Waals surface area contributed by atoms with Crippen LogP contribution >= 0.6 is 0 Å². The largest absolute Gasteiger partial charge is 0.425 e. The second kappa shape index (κ2) is 15.1. The molecular weight excluding hydrogens is 552 g/mol. The fourth-order valence-corrected chi connectivity index (χ4v) is 4.78. The Hall–Kier alpha value is -4.49. The summed E-state index contributed by atoms with van der Waals surface area (Å²) in [6.45, 7) is 5.71. The van der Waals surface area contributed by atoms with Crippen molar-refractivity contribution in [2.75, 3.05) is 0 Å².